The molecule has 0 radical (unpaired) electrons. The number of hydrogen-bond donors (Lipinski definition) is 2. The van der Waals surface area contributed by atoms with E-state index in [0.29, 0.717) is 30.4 Å². The molecule has 1 aromatic heterocycles. The van der Waals surface area contributed by atoms with Crippen molar-refractivity contribution in [3.05, 3.63) is 17.5 Å². The van der Waals surface area contributed by atoms with Crippen LogP contribution in [0.15, 0.2) is 21.7 Å². The zero-order valence-corrected chi connectivity index (χ0v) is 12.3. The highest BCUT2D eigenvalue weighted by atomic mass is 32.2. The van der Waals surface area contributed by atoms with E-state index in [-0.39, 0.29) is 11.9 Å². The quantitative estimate of drug-likeness (QED) is 0.711. The molecule has 1 aliphatic rings. The van der Waals surface area contributed by atoms with Gasteiger partial charge in [0.1, 0.15) is 4.21 Å². The Morgan fingerprint density at radius 1 is 1.47 bits per heavy atom. The fourth-order valence-electron chi connectivity index (χ4n) is 2.19. The summed E-state index contributed by atoms with van der Waals surface area (Å²) in [5.41, 5.74) is 5.27. The van der Waals surface area contributed by atoms with E-state index in [1.807, 2.05) is 0 Å². The molecular weight excluding hydrogens is 286 g/mol. The first-order valence-corrected chi connectivity index (χ1v) is 8.42. The standard InChI is InChI=1S/C11H17N3O3S2/c1-9(11(12)15)13-4-6-14(7-5-13)19(16,17)10-3-2-8-18-10/h2-3,8-9H,4-7H2,1H3,(H2,12,15)/p+1/t9-/m1/s1. The molecule has 0 unspecified atom stereocenters. The monoisotopic (exact) mass is 304 g/mol. The molecule has 2 rings (SSSR count). The Balaban J connectivity index is 2.03. The summed E-state index contributed by atoms with van der Waals surface area (Å²) in [6.45, 7) is 3.84. The van der Waals surface area contributed by atoms with E-state index in [1.165, 1.54) is 15.6 Å². The zero-order valence-electron chi connectivity index (χ0n) is 10.7. The van der Waals surface area contributed by atoms with Gasteiger partial charge < -0.3 is 10.6 Å². The van der Waals surface area contributed by atoms with Gasteiger partial charge in [0.2, 0.25) is 0 Å². The first-order chi connectivity index (χ1) is 8.93. The van der Waals surface area contributed by atoms with Crippen LogP contribution in [0, 0.1) is 0 Å². The first-order valence-electron chi connectivity index (χ1n) is 6.10. The number of sulfonamides is 1. The number of amides is 1. The number of carbonyl (C=O) groups excluding carboxylic acids is 1. The minimum atomic E-state index is -3.37. The molecule has 3 N–H and O–H groups in total. The highest BCUT2D eigenvalue weighted by Crippen LogP contribution is 2.20. The van der Waals surface area contributed by atoms with E-state index in [1.54, 1.807) is 24.4 Å². The minimum absolute atomic E-state index is 0.272. The van der Waals surface area contributed by atoms with Gasteiger partial charge in [0, 0.05) is 0 Å². The molecule has 1 amide bonds. The van der Waals surface area contributed by atoms with Crippen LogP contribution < -0.4 is 10.6 Å². The molecule has 1 aromatic rings. The van der Waals surface area contributed by atoms with Gasteiger partial charge >= 0.3 is 0 Å². The summed E-state index contributed by atoms with van der Waals surface area (Å²) >= 11 is 1.22. The van der Waals surface area contributed by atoms with Crippen LogP contribution >= 0.6 is 11.3 Å². The molecule has 0 saturated carbocycles. The Morgan fingerprint density at radius 2 is 2.11 bits per heavy atom. The van der Waals surface area contributed by atoms with Gasteiger partial charge in [-0.3, -0.25) is 4.79 Å². The van der Waals surface area contributed by atoms with E-state index in [9.17, 15) is 13.2 Å². The van der Waals surface area contributed by atoms with Crippen LogP contribution in [0.2, 0.25) is 0 Å². The third-order valence-corrected chi connectivity index (χ3v) is 6.76. The van der Waals surface area contributed by atoms with Gasteiger partial charge in [0.05, 0.1) is 26.2 Å². The van der Waals surface area contributed by atoms with Gasteiger partial charge in [0.15, 0.2) is 6.04 Å². The van der Waals surface area contributed by atoms with Crippen LogP contribution in [0.1, 0.15) is 6.92 Å². The second kappa shape index (κ2) is 5.58. The smallest absolute Gasteiger partial charge is 0.275 e. The minimum Gasteiger partial charge on any atom is -0.365 e. The lowest BCUT2D eigenvalue weighted by atomic mass is 10.2. The molecule has 2 heterocycles. The van der Waals surface area contributed by atoms with Crippen LogP contribution in [-0.2, 0) is 14.8 Å². The number of piperazine rings is 1. The third-order valence-electron chi connectivity index (χ3n) is 3.49. The molecule has 0 spiro atoms. The highest BCUT2D eigenvalue weighted by molar-refractivity contribution is 7.91. The van der Waals surface area contributed by atoms with Crippen LogP contribution in [0.4, 0.5) is 0 Å². The van der Waals surface area contributed by atoms with E-state index >= 15 is 0 Å². The maximum absolute atomic E-state index is 12.3. The topological polar surface area (TPSA) is 84.9 Å². The number of rotatable bonds is 4. The maximum atomic E-state index is 12.3. The Kier molecular flexibility index (Phi) is 4.24. The number of thiophene rings is 1. The molecule has 106 valence electrons. The summed E-state index contributed by atoms with van der Waals surface area (Å²) in [7, 11) is -3.37. The second-order valence-electron chi connectivity index (χ2n) is 4.62. The first kappa shape index (κ1) is 14.4. The molecule has 0 aromatic carbocycles. The summed E-state index contributed by atoms with van der Waals surface area (Å²) in [4.78, 5) is 12.2. The third kappa shape index (κ3) is 2.97. The molecule has 1 saturated heterocycles. The number of hydrogen-bond acceptors (Lipinski definition) is 4. The molecule has 1 fully saturated rings. The lowest BCUT2D eigenvalue weighted by Gasteiger charge is -2.33. The second-order valence-corrected chi connectivity index (χ2v) is 7.73. The van der Waals surface area contributed by atoms with Crippen LogP contribution in [0.3, 0.4) is 0 Å². The van der Waals surface area contributed by atoms with Gasteiger partial charge in [-0.15, -0.1) is 11.3 Å². The zero-order chi connectivity index (χ0) is 14.0. The fourth-order valence-corrected chi connectivity index (χ4v) is 4.77. The summed E-state index contributed by atoms with van der Waals surface area (Å²) in [6.07, 6.45) is 0. The van der Waals surface area contributed by atoms with E-state index in [2.05, 4.69) is 0 Å². The summed E-state index contributed by atoms with van der Waals surface area (Å²) in [5.74, 6) is -0.343. The van der Waals surface area contributed by atoms with Crippen molar-refractivity contribution >= 4 is 27.3 Å². The Labute approximate surface area is 116 Å². The SMILES string of the molecule is C[C@H](C(N)=O)[NH+]1CCN(S(=O)(=O)c2cccs2)CC1. The fraction of sp³-hybridized carbons (Fsp3) is 0.545. The summed E-state index contributed by atoms with van der Waals surface area (Å²) in [6, 6.07) is 3.08. The molecule has 6 nitrogen and oxygen atoms in total. The maximum Gasteiger partial charge on any atom is 0.275 e. The lowest BCUT2D eigenvalue weighted by Crippen LogP contribution is -3.19. The molecule has 0 aliphatic carbocycles. The van der Waals surface area contributed by atoms with E-state index in [0.717, 1.165) is 4.90 Å². The average molecular weight is 304 g/mol. The van der Waals surface area contributed by atoms with E-state index < -0.39 is 10.0 Å². The highest BCUT2D eigenvalue weighted by Gasteiger charge is 2.33. The normalized spacial score (nSPS) is 20.3. The van der Waals surface area contributed by atoms with Crippen LogP contribution in [0.25, 0.3) is 0 Å². The number of quaternary nitrogens is 1. The summed E-state index contributed by atoms with van der Waals surface area (Å²) < 4.78 is 26.4. The number of nitrogens with one attached hydrogen (secondary N) is 1. The number of primary amides is 1. The molecule has 0 bridgehead atoms. The number of nitrogens with two attached hydrogens (primary N) is 1. The van der Waals surface area contributed by atoms with Crippen molar-refractivity contribution in [3.8, 4) is 0 Å². The Bertz CT molecular complexity index is 534. The van der Waals surface area contributed by atoms with Crippen molar-refractivity contribution < 1.29 is 18.1 Å². The molecule has 1 atom stereocenters. The molecule has 1 aliphatic heterocycles. The number of nitrogens with zero attached hydrogens (tertiary/aromatic N) is 1. The van der Waals surface area contributed by atoms with Gasteiger partial charge in [-0.1, -0.05) is 6.07 Å². The van der Waals surface area contributed by atoms with Crippen molar-refractivity contribution in [1.82, 2.24) is 4.31 Å². The Morgan fingerprint density at radius 3 is 2.58 bits per heavy atom. The van der Waals surface area contributed by atoms with Gasteiger partial charge in [-0.05, 0) is 18.4 Å². The predicted molar refractivity (Wildman–Crippen MR) is 72.4 cm³/mol. The van der Waals surface area contributed by atoms with Crippen molar-refractivity contribution in [1.29, 1.82) is 0 Å². The van der Waals surface area contributed by atoms with Gasteiger partial charge in [0.25, 0.3) is 15.9 Å². The number of carbonyl (C=O) groups is 1. The van der Waals surface area contributed by atoms with Crippen molar-refractivity contribution in [2.75, 3.05) is 26.2 Å². The molecule has 8 heteroatoms. The van der Waals surface area contributed by atoms with E-state index in [4.69, 9.17) is 5.73 Å². The Hall–Kier alpha value is -0.960. The predicted octanol–water partition coefficient (Wildman–Crippen LogP) is -1.49. The van der Waals surface area contributed by atoms with Gasteiger partial charge in [-0.25, -0.2) is 8.42 Å². The van der Waals surface area contributed by atoms with Crippen LogP contribution in [-0.4, -0.2) is 50.9 Å². The van der Waals surface area contributed by atoms with Crippen molar-refractivity contribution in [2.24, 2.45) is 5.73 Å². The average Bonchev–Trinajstić information content (AvgIpc) is 2.92. The molecule has 19 heavy (non-hydrogen) atoms. The van der Waals surface area contributed by atoms with Crippen molar-refractivity contribution in [2.45, 2.75) is 17.2 Å². The largest absolute Gasteiger partial charge is 0.365 e. The molecular formula is C11H18N3O3S2+. The van der Waals surface area contributed by atoms with Crippen LogP contribution in [0.5, 0.6) is 0 Å². The summed E-state index contributed by atoms with van der Waals surface area (Å²) in [5, 5.41) is 1.75. The van der Waals surface area contributed by atoms with Gasteiger partial charge in [-0.2, -0.15) is 4.31 Å². The lowest BCUT2D eigenvalue weighted by molar-refractivity contribution is -0.917. The van der Waals surface area contributed by atoms with Crippen molar-refractivity contribution in [3.63, 3.8) is 0 Å².